The summed E-state index contributed by atoms with van der Waals surface area (Å²) >= 11 is 3.38. The average molecular weight is 326 g/mol. The third-order valence-corrected chi connectivity index (χ3v) is 3.65. The maximum atomic E-state index is 12.0. The van der Waals surface area contributed by atoms with E-state index >= 15 is 0 Å². The van der Waals surface area contributed by atoms with Gasteiger partial charge in [-0.25, -0.2) is 0 Å². The Labute approximate surface area is 125 Å². The van der Waals surface area contributed by atoms with Gasteiger partial charge < -0.3 is 4.90 Å². The summed E-state index contributed by atoms with van der Waals surface area (Å²) in [5.41, 5.74) is 0.820. The molecule has 0 saturated heterocycles. The van der Waals surface area contributed by atoms with Crippen LogP contribution in [0, 0.1) is 0 Å². The van der Waals surface area contributed by atoms with E-state index in [-0.39, 0.29) is 5.78 Å². The highest BCUT2D eigenvalue weighted by Crippen LogP contribution is 2.12. The molecule has 0 saturated carbocycles. The van der Waals surface area contributed by atoms with E-state index in [0.717, 1.165) is 36.1 Å². The van der Waals surface area contributed by atoms with E-state index < -0.39 is 0 Å². The molecule has 1 aromatic carbocycles. The molecule has 0 bridgehead atoms. The van der Waals surface area contributed by atoms with Crippen molar-refractivity contribution in [2.45, 2.75) is 39.5 Å². The number of benzene rings is 1. The molecule has 106 valence electrons. The smallest absolute Gasteiger partial charge is 0.162 e. The Bertz CT molecular complexity index is 369. The average Bonchev–Trinajstić information content (AvgIpc) is 2.40. The molecule has 0 fully saturated rings. The van der Waals surface area contributed by atoms with Gasteiger partial charge in [-0.15, -0.1) is 0 Å². The van der Waals surface area contributed by atoms with Crippen LogP contribution in [0.15, 0.2) is 28.7 Å². The second-order valence-corrected chi connectivity index (χ2v) is 5.79. The molecule has 0 aliphatic carbocycles. The summed E-state index contributed by atoms with van der Waals surface area (Å²) in [6.45, 7) is 7.72. The number of rotatable bonds is 9. The van der Waals surface area contributed by atoms with Crippen LogP contribution in [0.1, 0.15) is 49.9 Å². The van der Waals surface area contributed by atoms with E-state index in [1.54, 1.807) is 0 Å². The molecule has 0 unspecified atom stereocenters. The number of halogens is 1. The first-order valence-corrected chi connectivity index (χ1v) is 7.97. The summed E-state index contributed by atoms with van der Waals surface area (Å²) in [6, 6.07) is 7.63. The van der Waals surface area contributed by atoms with Gasteiger partial charge in [0.2, 0.25) is 0 Å². The van der Waals surface area contributed by atoms with Gasteiger partial charge in [0.15, 0.2) is 5.78 Å². The van der Waals surface area contributed by atoms with Gasteiger partial charge >= 0.3 is 0 Å². The van der Waals surface area contributed by atoms with Gasteiger partial charge in [-0.2, -0.15) is 0 Å². The van der Waals surface area contributed by atoms with Gasteiger partial charge in [-0.3, -0.25) is 4.79 Å². The molecule has 2 nitrogen and oxygen atoms in total. The van der Waals surface area contributed by atoms with Crippen molar-refractivity contribution in [1.29, 1.82) is 0 Å². The van der Waals surface area contributed by atoms with E-state index in [1.807, 2.05) is 24.3 Å². The molecule has 3 heteroatoms. The van der Waals surface area contributed by atoms with E-state index in [9.17, 15) is 4.79 Å². The fraction of sp³-hybridized carbons (Fsp3) is 0.562. The van der Waals surface area contributed by atoms with Gasteiger partial charge in [-0.05, 0) is 51.0 Å². The highest BCUT2D eigenvalue weighted by Gasteiger charge is 2.07. The quantitative estimate of drug-likeness (QED) is 0.621. The van der Waals surface area contributed by atoms with Crippen LogP contribution in [0.4, 0.5) is 0 Å². The Kier molecular flexibility index (Phi) is 7.99. The number of carbonyl (C=O) groups is 1. The van der Waals surface area contributed by atoms with Crippen LogP contribution in [0.25, 0.3) is 0 Å². The zero-order chi connectivity index (χ0) is 14.1. The molecule has 0 heterocycles. The summed E-state index contributed by atoms with van der Waals surface area (Å²) in [5, 5.41) is 0. The number of nitrogens with zero attached hydrogens (tertiary/aromatic N) is 1. The SMILES string of the molecule is CCCN(CCC)CCCC(=O)c1ccc(Br)cc1. The molecular formula is C16H24BrNO. The van der Waals surface area contributed by atoms with Crippen molar-refractivity contribution in [3.05, 3.63) is 34.3 Å². The van der Waals surface area contributed by atoms with Crippen LogP contribution in [0.3, 0.4) is 0 Å². The normalized spacial score (nSPS) is 10.9. The van der Waals surface area contributed by atoms with Crippen LogP contribution >= 0.6 is 15.9 Å². The maximum absolute atomic E-state index is 12.0. The zero-order valence-electron chi connectivity index (χ0n) is 12.0. The van der Waals surface area contributed by atoms with Crippen LogP contribution in [-0.4, -0.2) is 30.3 Å². The third kappa shape index (κ3) is 6.35. The van der Waals surface area contributed by atoms with Crippen molar-refractivity contribution in [2.75, 3.05) is 19.6 Å². The van der Waals surface area contributed by atoms with Gasteiger partial charge in [-0.1, -0.05) is 41.9 Å². The molecule has 0 radical (unpaired) electrons. The Morgan fingerprint density at radius 2 is 1.63 bits per heavy atom. The standard InChI is InChI=1S/C16H24BrNO/c1-3-11-18(12-4-2)13-5-6-16(19)14-7-9-15(17)10-8-14/h7-10H,3-6,11-13H2,1-2H3. The second kappa shape index (κ2) is 9.27. The van der Waals surface area contributed by atoms with E-state index in [1.165, 1.54) is 12.8 Å². The Morgan fingerprint density at radius 3 is 2.16 bits per heavy atom. The summed E-state index contributed by atoms with van der Waals surface area (Å²) in [7, 11) is 0. The molecule has 19 heavy (non-hydrogen) atoms. The van der Waals surface area contributed by atoms with Gasteiger partial charge in [0, 0.05) is 16.5 Å². The van der Waals surface area contributed by atoms with Crippen molar-refractivity contribution in [1.82, 2.24) is 4.90 Å². The summed E-state index contributed by atoms with van der Waals surface area (Å²) in [5.74, 6) is 0.250. The first-order valence-electron chi connectivity index (χ1n) is 7.18. The Balaban J connectivity index is 2.35. The summed E-state index contributed by atoms with van der Waals surface area (Å²) in [4.78, 5) is 14.5. The van der Waals surface area contributed by atoms with E-state index in [2.05, 4.69) is 34.7 Å². The highest BCUT2D eigenvalue weighted by atomic mass is 79.9. The van der Waals surface area contributed by atoms with E-state index in [4.69, 9.17) is 0 Å². The lowest BCUT2D eigenvalue weighted by molar-refractivity contribution is 0.0974. The first kappa shape index (κ1) is 16.4. The van der Waals surface area contributed by atoms with Crippen LogP contribution in [0.5, 0.6) is 0 Å². The van der Waals surface area contributed by atoms with Crippen LogP contribution < -0.4 is 0 Å². The minimum absolute atomic E-state index is 0.250. The zero-order valence-corrected chi connectivity index (χ0v) is 13.6. The van der Waals surface area contributed by atoms with Crippen molar-refractivity contribution < 1.29 is 4.79 Å². The van der Waals surface area contributed by atoms with Crippen molar-refractivity contribution in [2.24, 2.45) is 0 Å². The topological polar surface area (TPSA) is 20.3 Å². The lowest BCUT2D eigenvalue weighted by Gasteiger charge is -2.20. The number of carbonyl (C=O) groups excluding carboxylic acids is 1. The maximum Gasteiger partial charge on any atom is 0.162 e. The highest BCUT2D eigenvalue weighted by molar-refractivity contribution is 9.10. The Hall–Kier alpha value is -0.670. The molecule has 0 N–H and O–H groups in total. The fourth-order valence-corrected chi connectivity index (χ4v) is 2.48. The second-order valence-electron chi connectivity index (χ2n) is 4.88. The molecule has 0 aliphatic rings. The molecule has 1 rings (SSSR count). The van der Waals surface area contributed by atoms with E-state index in [0.29, 0.717) is 6.42 Å². The van der Waals surface area contributed by atoms with Crippen LogP contribution in [-0.2, 0) is 0 Å². The number of hydrogen-bond acceptors (Lipinski definition) is 2. The molecule has 0 atom stereocenters. The lowest BCUT2D eigenvalue weighted by atomic mass is 10.1. The summed E-state index contributed by atoms with van der Waals surface area (Å²) in [6.07, 6.45) is 3.96. The third-order valence-electron chi connectivity index (χ3n) is 3.12. The minimum atomic E-state index is 0.250. The molecule has 0 amide bonds. The number of Topliss-reactive ketones (excluding diaryl/α,β-unsaturated/α-hetero) is 1. The van der Waals surface area contributed by atoms with Crippen molar-refractivity contribution >= 4 is 21.7 Å². The predicted molar refractivity (Wildman–Crippen MR) is 84.7 cm³/mol. The largest absolute Gasteiger partial charge is 0.303 e. The number of ketones is 1. The Morgan fingerprint density at radius 1 is 1.05 bits per heavy atom. The van der Waals surface area contributed by atoms with Crippen LogP contribution in [0.2, 0.25) is 0 Å². The summed E-state index contributed by atoms with van der Waals surface area (Å²) < 4.78 is 1.01. The monoisotopic (exact) mass is 325 g/mol. The molecule has 0 spiro atoms. The first-order chi connectivity index (χ1) is 9.17. The van der Waals surface area contributed by atoms with Crippen molar-refractivity contribution in [3.63, 3.8) is 0 Å². The van der Waals surface area contributed by atoms with Crippen molar-refractivity contribution in [3.8, 4) is 0 Å². The molecule has 1 aromatic rings. The molecular weight excluding hydrogens is 302 g/mol. The van der Waals surface area contributed by atoms with Gasteiger partial charge in [0.25, 0.3) is 0 Å². The molecule has 0 aliphatic heterocycles. The predicted octanol–water partition coefficient (Wildman–Crippen LogP) is 4.53. The van der Waals surface area contributed by atoms with Gasteiger partial charge in [0.05, 0.1) is 0 Å². The lowest BCUT2D eigenvalue weighted by Crippen LogP contribution is -2.27. The molecule has 0 aromatic heterocycles. The van der Waals surface area contributed by atoms with Gasteiger partial charge in [0.1, 0.15) is 0 Å². The number of hydrogen-bond donors (Lipinski definition) is 0. The fourth-order valence-electron chi connectivity index (χ4n) is 2.21. The minimum Gasteiger partial charge on any atom is -0.303 e.